The van der Waals surface area contributed by atoms with E-state index in [1.54, 1.807) is 30.5 Å². The number of amides is 1. The lowest BCUT2D eigenvalue weighted by atomic mass is 10.0. The number of nitrogens with zero attached hydrogens (tertiary/aromatic N) is 1. The Morgan fingerprint density at radius 3 is 2.93 bits per heavy atom. The van der Waals surface area contributed by atoms with Crippen molar-refractivity contribution in [3.8, 4) is 5.75 Å². The molecule has 0 saturated carbocycles. The molecule has 0 spiro atoms. The van der Waals surface area contributed by atoms with Crippen LogP contribution in [-0.4, -0.2) is 30.1 Å². The molecule has 2 aromatic carbocycles. The molecule has 0 bridgehead atoms. The summed E-state index contributed by atoms with van der Waals surface area (Å²) in [6.45, 7) is 0.407. The van der Waals surface area contributed by atoms with Crippen molar-refractivity contribution in [3.05, 3.63) is 65.9 Å². The summed E-state index contributed by atoms with van der Waals surface area (Å²) in [7, 11) is 0. The average molecular weight is 362 g/mol. The molecule has 0 atom stereocenters. The van der Waals surface area contributed by atoms with E-state index in [1.165, 1.54) is 0 Å². The first-order valence-electron chi connectivity index (χ1n) is 8.76. The summed E-state index contributed by atoms with van der Waals surface area (Å²) in [5.41, 5.74) is 3.20. The molecule has 0 saturated heterocycles. The van der Waals surface area contributed by atoms with E-state index in [4.69, 9.17) is 9.47 Å². The predicted molar refractivity (Wildman–Crippen MR) is 101 cm³/mol. The maximum atomic E-state index is 12.2. The highest BCUT2D eigenvalue weighted by atomic mass is 16.6. The van der Waals surface area contributed by atoms with Gasteiger partial charge in [0.15, 0.2) is 0 Å². The average Bonchev–Trinajstić information content (AvgIpc) is 2.70. The second-order valence-electron chi connectivity index (χ2n) is 6.26. The molecule has 0 radical (unpaired) electrons. The van der Waals surface area contributed by atoms with E-state index in [1.807, 2.05) is 24.3 Å². The van der Waals surface area contributed by atoms with Gasteiger partial charge in [-0.2, -0.15) is 0 Å². The molecule has 1 aromatic heterocycles. The van der Waals surface area contributed by atoms with Crippen LogP contribution in [0, 0.1) is 0 Å². The summed E-state index contributed by atoms with van der Waals surface area (Å²) < 4.78 is 10.9. The molecule has 0 fully saturated rings. The maximum absolute atomic E-state index is 12.2. The number of fused-ring (bicyclic) bond motifs is 2. The van der Waals surface area contributed by atoms with Crippen LogP contribution in [0.3, 0.4) is 0 Å². The van der Waals surface area contributed by atoms with Crippen molar-refractivity contribution in [2.45, 2.75) is 12.8 Å². The van der Waals surface area contributed by atoms with Gasteiger partial charge >= 0.3 is 5.97 Å². The van der Waals surface area contributed by atoms with Crippen molar-refractivity contribution in [2.24, 2.45) is 0 Å². The van der Waals surface area contributed by atoms with Crippen LogP contribution in [0.4, 0.5) is 5.69 Å². The van der Waals surface area contributed by atoms with Gasteiger partial charge in [-0.3, -0.25) is 9.78 Å². The van der Waals surface area contributed by atoms with Crippen molar-refractivity contribution < 1.29 is 19.1 Å². The van der Waals surface area contributed by atoms with Crippen LogP contribution in [0.1, 0.15) is 22.3 Å². The second-order valence-corrected chi connectivity index (χ2v) is 6.26. The molecule has 6 heteroatoms. The van der Waals surface area contributed by atoms with E-state index in [0.29, 0.717) is 24.2 Å². The van der Waals surface area contributed by atoms with Gasteiger partial charge < -0.3 is 14.8 Å². The maximum Gasteiger partial charge on any atom is 0.338 e. The summed E-state index contributed by atoms with van der Waals surface area (Å²) in [6, 6.07) is 14.5. The molecule has 0 unspecified atom stereocenters. The van der Waals surface area contributed by atoms with Crippen LogP contribution in [0.25, 0.3) is 10.9 Å². The zero-order chi connectivity index (χ0) is 18.6. The van der Waals surface area contributed by atoms with Gasteiger partial charge in [0.25, 0.3) is 0 Å². The van der Waals surface area contributed by atoms with Gasteiger partial charge in [-0.05, 0) is 54.4 Å². The lowest BCUT2D eigenvalue weighted by molar-refractivity contribution is -0.116. The Morgan fingerprint density at radius 1 is 1.07 bits per heavy atom. The fourth-order valence-corrected chi connectivity index (χ4v) is 3.03. The van der Waals surface area contributed by atoms with Gasteiger partial charge in [-0.1, -0.05) is 6.07 Å². The first-order chi connectivity index (χ1) is 13.2. The van der Waals surface area contributed by atoms with Gasteiger partial charge in [-0.25, -0.2) is 4.79 Å². The number of rotatable bonds is 5. The number of hydrogen-bond donors (Lipinski definition) is 1. The van der Waals surface area contributed by atoms with Gasteiger partial charge in [0.1, 0.15) is 19.0 Å². The zero-order valence-electron chi connectivity index (χ0n) is 14.6. The highest BCUT2D eigenvalue weighted by Gasteiger charge is 2.15. The van der Waals surface area contributed by atoms with E-state index in [9.17, 15) is 9.59 Å². The zero-order valence-corrected chi connectivity index (χ0v) is 14.6. The van der Waals surface area contributed by atoms with Crippen molar-refractivity contribution in [3.63, 3.8) is 0 Å². The third-order valence-corrected chi connectivity index (χ3v) is 4.40. The van der Waals surface area contributed by atoms with Gasteiger partial charge in [0.05, 0.1) is 11.1 Å². The molecule has 27 heavy (non-hydrogen) atoms. The van der Waals surface area contributed by atoms with Crippen molar-refractivity contribution in [1.29, 1.82) is 0 Å². The molecule has 1 amide bonds. The summed E-state index contributed by atoms with van der Waals surface area (Å²) in [6.07, 6.45) is 2.89. The summed E-state index contributed by atoms with van der Waals surface area (Å²) >= 11 is 0. The highest BCUT2D eigenvalue weighted by molar-refractivity contribution is 5.94. The Labute approximate surface area is 156 Å². The number of aryl methyl sites for hydroxylation is 1. The number of carbonyl (C=O) groups is 2. The third kappa shape index (κ3) is 3.89. The third-order valence-electron chi connectivity index (χ3n) is 4.40. The molecule has 1 aliphatic heterocycles. The highest BCUT2D eigenvalue weighted by Crippen LogP contribution is 2.26. The van der Waals surface area contributed by atoms with E-state index >= 15 is 0 Å². The Kier molecular flexibility index (Phi) is 4.70. The monoisotopic (exact) mass is 362 g/mol. The SMILES string of the molecule is O=C1CCc2cc(OCCOC(=O)c3ccc4ncccc4c3)ccc2N1. The smallest absolute Gasteiger partial charge is 0.338 e. The number of pyridine rings is 1. The van der Waals surface area contributed by atoms with E-state index in [2.05, 4.69) is 10.3 Å². The van der Waals surface area contributed by atoms with E-state index in [0.717, 1.165) is 22.2 Å². The van der Waals surface area contributed by atoms with Crippen LogP contribution in [0.15, 0.2) is 54.7 Å². The van der Waals surface area contributed by atoms with Gasteiger partial charge in [-0.15, -0.1) is 0 Å². The molecular formula is C21H18N2O4. The second kappa shape index (κ2) is 7.45. The van der Waals surface area contributed by atoms with Crippen molar-refractivity contribution in [1.82, 2.24) is 4.98 Å². The van der Waals surface area contributed by atoms with Crippen molar-refractivity contribution in [2.75, 3.05) is 18.5 Å². The van der Waals surface area contributed by atoms with Crippen LogP contribution in [0.5, 0.6) is 5.75 Å². The number of esters is 1. The lowest BCUT2D eigenvalue weighted by Crippen LogP contribution is -2.19. The molecule has 3 aromatic rings. The number of nitrogens with one attached hydrogen (secondary N) is 1. The summed E-state index contributed by atoms with van der Waals surface area (Å²) in [4.78, 5) is 27.8. The van der Waals surface area contributed by atoms with E-state index in [-0.39, 0.29) is 19.1 Å². The van der Waals surface area contributed by atoms with E-state index < -0.39 is 5.97 Å². The van der Waals surface area contributed by atoms with Gasteiger partial charge in [0.2, 0.25) is 5.91 Å². The number of aromatic nitrogens is 1. The largest absolute Gasteiger partial charge is 0.490 e. The lowest BCUT2D eigenvalue weighted by Gasteiger charge is -2.17. The van der Waals surface area contributed by atoms with Crippen molar-refractivity contribution >= 4 is 28.5 Å². The predicted octanol–water partition coefficient (Wildman–Crippen LogP) is 3.36. The molecule has 6 nitrogen and oxygen atoms in total. The number of anilines is 1. The standard InChI is InChI=1S/C21H18N2O4/c24-20-8-4-15-13-17(5-7-19(15)23-20)26-10-11-27-21(25)16-3-6-18-14(12-16)2-1-9-22-18/h1-3,5-7,9,12-13H,4,8,10-11H2,(H,23,24). The number of carbonyl (C=O) groups excluding carboxylic acids is 2. The molecule has 1 N–H and O–H groups in total. The topological polar surface area (TPSA) is 77.5 Å². The molecule has 136 valence electrons. The Bertz CT molecular complexity index is 1020. The van der Waals surface area contributed by atoms with Crippen LogP contribution < -0.4 is 10.1 Å². The summed E-state index contributed by atoms with van der Waals surface area (Å²) in [5.74, 6) is 0.336. The minimum Gasteiger partial charge on any atom is -0.490 e. The molecule has 2 heterocycles. The number of hydrogen-bond acceptors (Lipinski definition) is 5. The Hall–Kier alpha value is -3.41. The molecule has 1 aliphatic rings. The minimum absolute atomic E-state index is 0.0348. The molecular weight excluding hydrogens is 344 g/mol. The fourth-order valence-electron chi connectivity index (χ4n) is 3.03. The van der Waals surface area contributed by atoms with Crippen LogP contribution >= 0.6 is 0 Å². The minimum atomic E-state index is -0.391. The molecule has 0 aliphatic carbocycles. The summed E-state index contributed by atoms with van der Waals surface area (Å²) in [5, 5.41) is 3.72. The Morgan fingerprint density at radius 2 is 2.00 bits per heavy atom. The Balaban J connectivity index is 1.30. The van der Waals surface area contributed by atoms with Crippen LogP contribution in [0.2, 0.25) is 0 Å². The first-order valence-corrected chi connectivity index (χ1v) is 8.76. The number of ether oxygens (including phenoxy) is 2. The quantitative estimate of drug-likeness (QED) is 0.556. The number of benzene rings is 2. The van der Waals surface area contributed by atoms with Gasteiger partial charge in [0, 0.05) is 23.7 Å². The fraction of sp³-hybridized carbons (Fsp3) is 0.190. The normalized spacial score (nSPS) is 13.0. The van der Waals surface area contributed by atoms with Crippen LogP contribution in [-0.2, 0) is 16.0 Å². The molecule has 4 rings (SSSR count). The first kappa shape index (κ1) is 17.0.